The number of aryl methyl sites for hydroxylation is 2. The van der Waals surface area contributed by atoms with Gasteiger partial charge in [-0.25, -0.2) is 0 Å². The number of benzene rings is 1. The van der Waals surface area contributed by atoms with Gasteiger partial charge in [-0.05, 0) is 25.5 Å². The van der Waals surface area contributed by atoms with Crippen molar-refractivity contribution in [2.75, 3.05) is 0 Å². The SMILES string of the molecule is C=C(NC(C)=O)c1cc(C)ccc1C. The third-order valence-electron chi connectivity index (χ3n) is 2.05. The monoisotopic (exact) mass is 189 g/mol. The van der Waals surface area contributed by atoms with Crippen LogP contribution in [0.25, 0.3) is 5.70 Å². The Balaban J connectivity index is 3.00. The van der Waals surface area contributed by atoms with E-state index in [0.29, 0.717) is 5.70 Å². The van der Waals surface area contributed by atoms with Crippen LogP contribution in [0.4, 0.5) is 0 Å². The lowest BCUT2D eigenvalue weighted by Gasteiger charge is -2.10. The Morgan fingerprint density at radius 3 is 2.57 bits per heavy atom. The van der Waals surface area contributed by atoms with Crippen LogP contribution in [-0.4, -0.2) is 5.91 Å². The summed E-state index contributed by atoms with van der Waals surface area (Å²) in [5.41, 5.74) is 3.95. The summed E-state index contributed by atoms with van der Waals surface area (Å²) in [5, 5.41) is 2.69. The number of hydrogen-bond acceptors (Lipinski definition) is 1. The van der Waals surface area contributed by atoms with Crippen LogP contribution in [0.2, 0.25) is 0 Å². The van der Waals surface area contributed by atoms with E-state index in [-0.39, 0.29) is 5.91 Å². The fourth-order valence-corrected chi connectivity index (χ4v) is 1.34. The first kappa shape index (κ1) is 10.5. The Bertz CT molecular complexity index is 380. The summed E-state index contributed by atoms with van der Waals surface area (Å²) in [4.78, 5) is 10.9. The zero-order valence-corrected chi connectivity index (χ0v) is 8.85. The largest absolute Gasteiger partial charge is 0.326 e. The molecule has 74 valence electrons. The highest BCUT2D eigenvalue weighted by Crippen LogP contribution is 2.16. The van der Waals surface area contributed by atoms with Crippen LogP contribution >= 0.6 is 0 Å². The highest BCUT2D eigenvalue weighted by molar-refractivity contribution is 5.84. The summed E-state index contributed by atoms with van der Waals surface area (Å²) in [7, 11) is 0. The van der Waals surface area contributed by atoms with E-state index >= 15 is 0 Å². The van der Waals surface area contributed by atoms with Gasteiger partial charge in [-0.2, -0.15) is 0 Å². The van der Waals surface area contributed by atoms with Gasteiger partial charge in [0.2, 0.25) is 5.91 Å². The topological polar surface area (TPSA) is 29.1 Å². The molecule has 2 heteroatoms. The molecular weight excluding hydrogens is 174 g/mol. The lowest BCUT2D eigenvalue weighted by molar-refractivity contribution is -0.117. The van der Waals surface area contributed by atoms with Crippen LogP contribution in [-0.2, 0) is 4.79 Å². The summed E-state index contributed by atoms with van der Waals surface area (Å²) >= 11 is 0. The predicted molar refractivity (Wildman–Crippen MR) is 58.8 cm³/mol. The van der Waals surface area contributed by atoms with Crippen molar-refractivity contribution in [1.29, 1.82) is 0 Å². The molecule has 0 spiro atoms. The van der Waals surface area contributed by atoms with E-state index in [1.807, 2.05) is 32.0 Å². The molecule has 0 aliphatic heterocycles. The number of amides is 1. The fraction of sp³-hybridized carbons (Fsp3) is 0.250. The number of carbonyl (C=O) groups excluding carboxylic acids is 1. The number of carbonyl (C=O) groups is 1. The fourth-order valence-electron chi connectivity index (χ4n) is 1.34. The average molecular weight is 189 g/mol. The van der Waals surface area contributed by atoms with Crippen LogP contribution in [0.3, 0.4) is 0 Å². The van der Waals surface area contributed by atoms with E-state index in [0.717, 1.165) is 16.7 Å². The zero-order chi connectivity index (χ0) is 10.7. The number of nitrogens with one attached hydrogen (secondary N) is 1. The quantitative estimate of drug-likeness (QED) is 0.760. The van der Waals surface area contributed by atoms with Crippen LogP contribution in [0.5, 0.6) is 0 Å². The lowest BCUT2D eigenvalue weighted by atomic mass is 10.0. The maximum atomic E-state index is 10.9. The Kier molecular flexibility index (Phi) is 3.07. The molecular formula is C12H15NO. The van der Waals surface area contributed by atoms with Gasteiger partial charge in [-0.15, -0.1) is 0 Å². The lowest BCUT2D eigenvalue weighted by Crippen LogP contribution is -2.17. The Morgan fingerprint density at radius 1 is 1.36 bits per heavy atom. The number of hydrogen-bond donors (Lipinski definition) is 1. The summed E-state index contributed by atoms with van der Waals surface area (Å²) in [6.07, 6.45) is 0. The van der Waals surface area contributed by atoms with Gasteiger partial charge in [0.05, 0.1) is 0 Å². The molecule has 1 aromatic rings. The first-order chi connectivity index (χ1) is 6.50. The van der Waals surface area contributed by atoms with Gasteiger partial charge in [0, 0.05) is 18.2 Å². The molecule has 0 aromatic heterocycles. The normalized spacial score (nSPS) is 9.64. The standard InChI is InChI=1S/C12H15NO/c1-8-5-6-9(2)12(7-8)10(3)13-11(4)14/h5-7H,3H2,1-2,4H3,(H,13,14). The van der Waals surface area contributed by atoms with Gasteiger partial charge in [0.25, 0.3) is 0 Å². The van der Waals surface area contributed by atoms with Gasteiger partial charge in [-0.3, -0.25) is 4.79 Å². The summed E-state index contributed by atoms with van der Waals surface area (Å²) < 4.78 is 0. The maximum Gasteiger partial charge on any atom is 0.221 e. The first-order valence-corrected chi connectivity index (χ1v) is 4.55. The highest BCUT2D eigenvalue weighted by Gasteiger charge is 2.03. The number of rotatable bonds is 2. The average Bonchev–Trinajstić information content (AvgIpc) is 2.08. The second-order valence-corrected chi connectivity index (χ2v) is 3.48. The summed E-state index contributed by atoms with van der Waals surface area (Å²) in [6.45, 7) is 9.34. The molecule has 14 heavy (non-hydrogen) atoms. The third kappa shape index (κ3) is 2.46. The second kappa shape index (κ2) is 4.09. The van der Waals surface area contributed by atoms with Crippen molar-refractivity contribution in [3.8, 4) is 0 Å². The molecule has 0 heterocycles. The molecule has 1 rings (SSSR count). The van der Waals surface area contributed by atoms with Crippen molar-refractivity contribution in [3.63, 3.8) is 0 Å². The van der Waals surface area contributed by atoms with Crippen molar-refractivity contribution < 1.29 is 4.79 Å². The van der Waals surface area contributed by atoms with Gasteiger partial charge in [0.15, 0.2) is 0 Å². The predicted octanol–water partition coefficient (Wildman–Crippen LogP) is 2.41. The molecule has 1 amide bonds. The van der Waals surface area contributed by atoms with Crippen LogP contribution in [0.1, 0.15) is 23.6 Å². The van der Waals surface area contributed by atoms with E-state index < -0.39 is 0 Å². The Hall–Kier alpha value is -1.57. The van der Waals surface area contributed by atoms with E-state index in [1.165, 1.54) is 6.92 Å². The van der Waals surface area contributed by atoms with Gasteiger partial charge < -0.3 is 5.32 Å². The van der Waals surface area contributed by atoms with Crippen LogP contribution < -0.4 is 5.32 Å². The molecule has 2 nitrogen and oxygen atoms in total. The second-order valence-electron chi connectivity index (χ2n) is 3.48. The van der Waals surface area contributed by atoms with Crippen molar-refractivity contribution in [2.45, 2.75) is 20.8 Å². The first-order valence-electron chi connectivity index (χ1n) is 4.55. The summed E-state index contributed by atoms with van der Waals surface area (Å²) in [6, 6.07) is 6.09. The molecule has 0 fully saturated rings. The Labute approximate surface area is 84.6 Å². The summed E-state index contributed by atoms with van der Waals surface area (Å²) in [5.74, 6) is -0.0871. The van der Waals surface area contributed by atoms with E-state index in [4.69, 9.17) is 0 Å². The Morgan fingerprint density at radius 2 is 2.00 bits per heavy atom. The molecule has 0 atom stereocenters. The van der Waals surface area contributed by atoms with Gasteiger partial charge in [-0.1, -0.05) is 24.3 Å². The van der Waals surface area contributed by atoms with Crippen molar-refractivity contribution >= 4 is 11.6 Å². The molecule has 0 aliphatic carbocycles. The molecule has 0 saturated heterocycles. The molecule has 1 aromatic carbocycles. The molecule has 0 radical (unpaired) electrons. The molecule has 0 aliphatic rings. The van der Waals surface area contributed by atoms with Gasteiger partial charge >= 0.3 is 0 Å². The maximum absolute atomic E-state index is 10.9. The molecule has 0 unspecified atom stereocenters. The highest BCUT2D eigenvalue weighted by atomic mass is 16.1. The zero-order valence-electron chi connectivity index (χ0n) is 8.85. The van der Waals surface area contributed by atoms with Gasteiger partial charge in [0.1, 0.15) is 0 Å². The minimum absolute atomic E-state index is 0.0871. The van der Waals surface area contributed by atoms with Crippen LogP contribution in [0, 0.1) is 13.8 Å². The molecule has 1 N–H and O–H groups in total. The smallest absolute Gasteiger partial charge is 0.221 e. The minimum atomic E-state index is -0.0871. The minimum Gasteiger partial charge on any atom is -0.326 e. The molecule has 0 saturated carbocycles. The van der Waals surface area contributed by atoms with E-state index in [1.54, 1.807) is 0 Å². The third-order valence-corrected chi connectivity index (χ3v) is 2.05. The van der Waals surface area contributed by atoms with Crippen LogP contribution in [0.15, 0.2) is 24.8 Å². The van der Waals surface area contributed by atoms with E-state index in [9.17, 15) is 4.79 Å². The van der Waals surface area contributed by atoms with Crippen molar-refractivity contribution in [3.05, 3.63) is 41.5 Å². The van der Waals surface area contributed by atoms with Crippen molar-refractivity contribution in [2.24, 2.45) is 0 Å². The molecule has 0 bridgehead atoms. The van der Waals surface area contributed by atoms with E-state index in [2.05, 4.69) is 11.9 Å². The van der Waals surface area contributed by atoms with Crippen molar-refractivity contribution in [1.82, 2.24) is 5.32 Å².